The molecule has 0 aliphatic heterocycles. The number of halogens is 1. The molecule has 1 N–H and O–H groups in total. The average Bonchev–Trinajstić information content (AvgIpc) is 2.73. The molecular weight excluding hydrogens is 238 g/mol. The fourth-order valence-corrected chi connectivity index (χ4v) is 1.65. The Labute approximate surface area is 105 Å². The molecule has 0 saturated carbocycles. The van der Waals surface area contributed by atoms with Crippen LogP contribution in [0.15, 0.2) is 28.9 Å². The third-order valence-electron chi connectivity index (χ3n) is 2.69. The summed E-state index contributed by atoms with van der Waals surface area (Å²) in [4.78, 5) is 0. The van der Waals surface area contributed by atoms with Crippen molar-refractivity contribution in [3.05, 3.63) is 46.2 Å². The van der Waals surface area contributed by atoms with Gasteiger partial charge in [0.05, 0.1) is 0 Å². The van der Waals surface area contributed by atoms with E-state index in [1.165, 1.54) is 5.56 Å². The van der Waals surface area contributed by atoms with Crippen LogP contribution < -0.4 is 5.32 Å². The number of aryl methyl sites for hydroxylation is 1. The lowest BCUT2D eigenvalue weighted by Gasteiger charge is -2.13. The minimum Gasteiger partial charge on any atom is -0.304 e. The Hall–Kier alpha value is -1.39. The van der Waals surface area contributed by atoms with E-state index in [0.29, 0.717) is 6.54 Å². The van der Waals surface area contributed by atoms with Crippen molar-refractivity contribution in [2.45, 2.75) is 26.4 Å². The van der Waals surface area contributed by atoms with Crippen LogP contribution >= 0.6 is 11.6 Å². The molecule has 0 unspecified atom stereocenters. The Balaban J connectivity index is 1.95. The van der Waals surface area contributed by atoms with Crippen LogP contribution in [0.25, 0.3) is 0 Å². The van der Waals surface area contributed by atoms with Gasteiger partial charge in [0, 0.05) is 17.6 Å². The molecule has 0 aliphatic rings. The maximum atomic E-state index is 5.84. The van der Waals surface area contributed by atoms with Gasteiger partial charge in [-0.05, 0) is 31.5 Å². The zero-order chi connectivity index (χ0) is 12.3. The zero-order valence-corrected chi connectivity index (χ0v) is 10.5. The number of rotatable bonds is 4. The van der Waals surface area contributed by atoms with Crippen LogP contribution in [0.4, 0.5) is 0 Å². The van der Waals surface area contributed by atoms with Crippen LogP contribution in [-0.4, -0.2) is 10.3 Å². The van der Waals surface area contributed by atoms with E-state index in [2.05, 4.69) is 27.2 Å². The van der Waals surface area contributed by atoms with Crippen LogP contribution in [0.3, 0.4) is 0 Å². The van der Waals surface area contributed by atoms with E-state index < -0.39 is 0 Å². The molecule has 0 spiro atoms. The number of nitrogens with one attached hydrogen (secondary N) is 1. The van der Waals surface area contributed by atoms with Crippen molar-refractivity contribution in [1.82, 2.24) is 15.6 Å². The minimum absolute atomic E-state index is 0.225. The van der Waals surface area contributed by atoms with Gasteiger partial charge >= 0.3 is 0 Å². The quantitative estimate of drug-likeness (QED) is 0.908. The second-order valence-corrected chi connectivity index (χ2v) is 4.39. The highest BCUT2D eigenvalue weighted by Gasteiger charge is 2.08. The van der Waals surface area contributed by atoms with E-state index in [-0.39, 0.29) is 6.04 Å². The Morgan fingerprint density at radius 1 is 1.29 bits per heavy atom. The number of nitrogens with zero attached hydrogens (tertiary/aromatic N) is 2. The van der Waals surface area contributed by atoms with Crippen molar-refractivity contribution in [3.63, 3.8) is 0 Å². The summed E-state index contributed by atoms with van der Waals surface area (Å²) in [6.07, 6.45) is 0. The van der Waals surface area contributed by atoms with Gasteiger partial charge < -0.3 is 5.32 Å². The fourth-order valence-electron chi connectivity index (χ4n) is 1.53. The molecule has 0 bridgehead atoms. The third-order valence-corrected chi connectivity index (χ3v) is 2.94. The van der Waals surface area contributed by atoms with Gasteiger partial charge in [-0.25, -0.2) is 4.63 Å². The molecule has 2 aromatic rings. The zero-order valence-electron chi connectivity index (χ0n) is 9.77. The average molecular weight is 252 g/mol. The summed E-state index contributed by atoms with van der Waals surface area (Å²) in [5.74, 6) is 0. The van der Waals surface area contributed by atoms with E-state index >= 15 is 0 Å². The summed E-state index contributed by atoms with van der Waals surface area (Å²) in [6.45, 7) is 4.60. The largest absolute Gasteiger partial charge is 0.304 e. The molecular formula is C12H14ClN3O. The smallest absolute Gasteiger partial charge is 0.121 e. The van der Waals surface area contributed by atoms with Crippen molar-refractivity contribution in [2.24, 2.45) is 0 Å². The van der Waals surface area contributed by atoms with Crippen LogP contribution in [-0.2, 0) is 6.54 Å². The van der Waals surface area contributed by atoms with Crippen LogP contribution in [0, 0.1) is 6.92 Å². The molecule has 1 atom stereocenters. The first-order valence-corrected chi connectivity index (χ1v) is 5.81. The molecule has 0 saturated heterocycles. The highest BCUT2D eigenvalue weighted by molar-refractivity contribution is 6.30. The Morgan fingerprint density at radius 2 is 2.00 bits per heavy atom. The first-order valence-electron chi connectivity index (χ1n) is 5.43. The fraction of sp³-hybridized carbons (Fsp3) is 0.333. The SMILES string of the molecule is Cc1nonc1CN[C@@H](C)c1ccc(Cl)cc1. The maximum Gasteiger partial charge on any atom is 0.121 e. The third kappa shape index (κ3) is 3.05. The predicted octanol–water partition coefficient (Wildman–Crippen LogP) is 2.88. The van der Waals surface area contributed by atoms with Gasteiger partial charge in [0.15, 0.2) is 0 Å². The first-order chi connectivity index (χ1) is 8.16. The Kier molecular flexibility index (Phi) is 3.76. The first kappa shape index (κ1) is 12.1. The molecule has 1 heterocycles. The standard InChI is InChI=1S/C12H14ClN3O/c1-8(10-3-5-11(13)6-4-10)14-7-12-9(2)15-17-16-12/h3-6,8,14H,7H2,1-2H3/t8-/m0/s1. The van der Waals surface area contributed by atoms with Crippen LogP contribution in [0.1, 0.15) is 29.9 Å². The lowest BCUT2D eigenvalue weighted by Crippen LogP contribution is -2.18. The van der Waals surface area contributed by atoms with Crippen LogP contribution in [0.5, 0.6) is 0 Å². The highest BCUT2D eigenvalue weighted by Crippen LogP contribution is 2.16. The molecule has 5 heteroatoms. The van der Waals surface area contributed by atoms with Crippen molar-refractivity contribution in [2.75, 3.05) is 0 Å². The summed E-state index contributed by atoms with van der Waals surface area (Å²) in [5.41, 5.74) is 2.84. The lowest BCUT2D eigenvalue weighted by atomic mass is 10.1. The Morgan fingerprint density at radius 3 is 2.59 bits per heavy atom. The topological polar surface area (TPSA) is 51.0 Å². The maximum absolute atomic E-state index is 5.84. The van der Waals surface area contributed by atoms with Gasteiger partial charge in [0.25, 0.3) is 0 Å². The second-order valence-electron chi connectivity index (χ2n) is 3.95. The molecule has 0 amide bonds. The summed E-state index contributed by atoms with van der Waals surface area (Å²) in [6, 6.07) is 8.01. The van der Waals surface area contributed by atoms with Gasteiger partial charge in [-0.3, -0.25) is 0 Å². The molecule has 1 aromatic heterocycles. The molecule has 90 valence electrons. The number of hydrogen-bond acceptors (Lipinski definition) is 4. The summed E-state index contributed by atoms with van der Waals surface area (Å²) < 4.78 is 4.64. The van der Waals surface area contributed by atoms with Gasteiger partial charge in [0.2, 0.25) is 0 Å². The van der Waals surface area contributed by atoms with E-state index in [9.17, 15) is 0 Å². The van der Waals surface area contributed by atoms with Crippen molar-refractivity contribution in [3.8, 4) is 0 Å². The molecule has 4 nitrogen and oxygen atoms in total. The predicted molar refractivity (Wildman–Crippen MR) is 65.7 cm³/mol. The van der Waals surface area contributed by atoms with E-state index in [1.54, 1.807) is 0 Å². The van der Waals surface area contributed by atoms with Gasteiger partial charge in [-0.15, -0.1) is 0 Å². The molecule has 0 radical (unpaired) electrons. The molecule has 0 fully saturated rings. The normalized spacial score (nSPS) is 12.6. The monoisotopic (exact) mass is 251 g/mol. The molecule has 2 rings (SSSR count). The van der Waals surface area contributed by atoms with Crippen molar-refractivity contribution in [1.29, 1.82) is 0 Å². The van der Waals surface area contributed by atoms with E-state index in [0.717, 1.165) is 16.4 Å². The van der Waals surface area contributed by atoms with Crippen molar-refractivity contribution >= 4 is 11.6 Å². The van der Waals surface area contributed by atoms with Gasteiger partial charge in [-0.2, -0.15) is 0 Å². The lowest BCUT2D eigenvalue weighted by molar-refractivity contribution is 0.300. The number of benzene rings is 1. The van der Waals surface area contributed by atoms with Gasteiger partial charge in [-0.1, -0.05) is 34.0 Å². The van der Waals surface area contributed by atoms with Crippen LogP contribution in [0.2, 0.25) is 5.02 Å². The molecule has 1 aromatic carbocycles. The molecule has 17 heavy (non-hydrogen) atoms. The second kappa shape index (κ2) is 5.29. The summed E-state index contributed by atoms with van der Waals surface area (Å²) >= 11 is 5.84. The number of hydrogen-bond donors (Lipinski definition) is 1. The summed E-state index contributed by atoms with van der Waals surface area (Å²) in [5, 5.41) is 11.7. The Bertz CT molecular complexity index is 481. The van der Waals surface area contributed by atoms with Crippen molar-refractivity contribution < 1.29 is 4.63 Å². The highest BCUT2D eigenvalue weighted by atomic mass is 35.5. The van der Waals surface area contributed by atoms with E-state index in [1.807, 2.05) is 31.2 Å². The minimum atomic E-state index is 0.225. The summed E-state index contributed by atoms with van der Waals surface area (Å²) in [7, 11) is 0. The van der Waals surface area contributed by atoms with Gasteiger partial charge in [0.1, 0.15) is 11.4 Å². The number of aromatic nitrogens is 2. The van der Waals surface area contributed by atoms with E-state index in [4.69, 9.17) is 11.6 Å². The molecule has 0 aliphatic carbocycles.